The van der Waals surface area contributed by atoms with Crippen molar-refractivity contribution in [1.29, 1.82) is 0 Å². The van der Waals surface area contributed by atoms with Gasteiger partial charge in [0.1, 0.15) is 5.60 Å². The third-order valence-corrected chi connectivity index (χ3v) is 9.39. The van der Waals surface area contributed by atoms with Gasteiger partial charge in [0.15, 0.2) is 9.84 Å². The fraction of sp³-hybridized carbons (Fsp3) is 0.444. The number of likely N-dealkylation sites (N-methyl/N-ethyl adjacent to an activating group) is 1. The molecule has 1 aliphatic rings. The van der Waals surface area contributed by atoms with Gasteiger partial charge in [-0.1, -0.05) is 54.6 Å². The van der Waals surface area contributed by atoms with Gasteiger partial charge >= 0.3 is 6.09 Å². The van der Waals surface area contributed by atoms with Crippen LogP contribution in [0.5, 0.6) is 0 Å². The number of sulfone groups is 1. The summed E-state index contributed by atoms with van der Waals surface area (Å²) < 4.78 is 28.9. The summed E-state index contributed by atoms with van der Waals surface area (Å²) in [6, 6.07) is 25.3. The maximum Gasteiger partial charge on any atom is 0.412 e. The number of likely N-dealkylation sites (tertiary alicyclic amines) is 1. The van der Waals surface area contributed by atoms with Crippen molar-refractivity contribution in [2.75, 3.05) is 37.8 Å². The van der Waals surface area contributed by atoms with E-state index < -0.39 is 21.5 Å². The second-order valence-corrected chi connectivity index (χ2v) is 14.9. The Labute approximate surface area is 268 Å². The maximum atomic E-state index is 13.2. The van der Waals surface area contributed by atoms with Crippen molar-refractivity contribution in [2.24, 2.45) is 0 Å². The first kappa shape index (κ1) is 34.2. The third kappa shape index (κ3) is 10.2. The van der Waals surface area contributed by atoms with Crippen molar-refractivity contribution in [2.45, 2.75) is 75.8 Å². The van der Waals surface area contributed by atoms with E-state index in [1.807, 2.05) is 50.8 Å². The second kappa shape index (κ2) is 15.1. The van der Waals surface area contributed by atoms with Gasteiger partial charge in [-0.15, -0.1) is 0 Å². The van der Waals surface area contributed by atoms with Crippen LogP contribution in [0.2, 0.25) is 0 Å². The van der Waals surface area contributed by atoms with E-state index in [9.17, 15) is 18.0 Å². The quantitative estimate of drug-likeness (QED) is 0.259. The molecule has 0 aliphatic carbocycles. The Hall–Kier alpha value is -3.69. The molecule has 45 heavy (non-hydrogen) atoms. The number of carbonyl (C=O) groups excluding carboxylic acids is 2. The van der Waals surface area contributed by atoms with Gasteiger partial charge in [0.05, 0.1) is 11.3 Å². The molecule has 0 bridgehead atoms. The molecule has 0 saturated carbocycles. The smallest absolute Gasteiger partial charge is 0.412 e. The van der Waals surface area contributed by atoms with Crippen molar-refractivity contribution >= 4 is 27.5 Å². The fourth-order valence-electron chi connectivity index (χ4n) is 5.97. The summed E-state index contributed by atoms with van der Waals surface area (Å²) in [7, 11) is -3.26. The van der Waals surface area contributed by atoms with Gasteiger partial charge in [-0.25, -0.2) is 13.2 Å². The number of benzene rings is 3. The Bertz CT molecular complexity index is 1510. The van der Waals surface area contributed by atoms with Crippen LogP contribution in [-0.4, -0.2) is 74.3 Å². The summed E-state index contributed by atoms with van der Waals surface area (Å²) in [5.74, 6) is 0.291. The van der Waals surface area contributed by atoms with Gasteiger partial charge in [0.25, 0.3) is 0 Å². The predicted molar refractivity (Wildman–Crippen MR) is 179 cm³/mol. The van der Waals surface area contributed by atoms with E-state index in [2.05, 4.69) is 46.6 Å². The van der Waals surface area contributed by atoms with Gasteiger partial charge in [0, 0.05) is 43.5 Å². The van der Waals surface area contributed by atoms with Crippen LogP contribution in [0.4, 0.5) is 10.5 Å². The summed E-state index contributed by atoms with van der Waals surface area (Å²) in [5, 5.41) is 2.82. The van der Waals surface area contributed by atoms with Crippen LogP contribution in [-0.2, 0) is 25.8 Å². The lowest BCUT2D eigenvalue weighted by atomic mass is 9.88. The number of piperidine rings is 1. The highest BCUT2D eigenvalue weighted by Gasteiger charge is 2.28. The second-order valence-electron chi connectivity index (χ2n) is 12.8. The van der Waals surface area contributed by atoms with Crippen LogP contribution >= 0.6 is 0 Å². The van der Waals surface area contributed by atoms with Crippen LogP contribution in [0, 0.1) is 0 Å². The number of amides is 2. The highest BCUT2D eigenvalue weighted by molar-refractivity contribution is 7.90. The highest BCUT2D eigenvalue weighted by atomic mass is 32.2. The summed E-state index contributed by atoms with van der Waals surface area (Å²) in [4.78, 5) is 30.2. The Morgan fingerprint density at radius 3 is 2.09 bits per heavy atom. The number of carbonyl (C=O) groups is 2. The molecule has 1 aliphatic heterocycles. The zero-order valence-corrected chi connectivity index (χ0v) is 28.0. The SMILES string of the molecule is CCN(C(=O)Cc1ccc(S(C)(=O)=O)cc1)C1CCN(CCC(c2ccccc2)c2ccc(NC(=O)OC(C)(C)C)cc2)CC1. The van der Waals surface area contributed by atoms with Crippen molar-refractivity contribution in [3.05, 3.63) is 95.6 Å². The molecule has 1 saturated heterocycles. The Kier molecular flexibility index (Phi) is 11.4. The molecule has 0 aromatic heterocycles. The number of anilines is 1. The molecule has 0 spiro atoms. The van der Waals surface area contributed by atoms with E-state index in [0.717, 1.165) is 44.5 Å². The van der Waals surface area contributed by atoms with E-state index >= 15 is 0 Å². The molecule has 1 heterocycles. The molecule has 1 fully saturated rings. The van der Waals surface area contributed by atoms with Crippen LogP contribution < -0.4 is 5.32 Å². The average Bonchev–Trinajstić information content (AvgIpc) is 2.98. The normalized spacial score (nSPS) is 15.3. The largest absolute Gasteiger partial charge is 0.444 e. The highest BCUT2D eigenvalue weighted by Crippen LogP contribution is 2.30. The minimum Gasteiger partial charge on any atom is -0.444 e. The summed E-state index contributed by atoms with van der Waals surface area (Å²) in [6.07, 6.45) is 3.79. The molecule has 1 N–H and O–H groups in total. The van der Waals surface area contributed by atoms with Gasteiger partial charge in [0.2, 0.25) is 5.91 Å². The Morgan fingerprint density at radius 2 is 1.53 bits per heavy atom. The third-order valence-electron chi connectivity index (χ3n) is 8.26. The van der Waals surface area contributed by atoms with Crippen molar-refractivity contribution in [3.8, 4) is 0 Å². The zero-order valence-electron chi connectivity index (χ0n) is 27.2. The van der Waals surface area contributed by atoms with Gasteiger partial charge in [-0.3, -0.25) is 10.1 Å². The monoisotopic (exact) mass is 633 g/mol. The first-order valence-electron chi connectivity index (χ1n) is 15.8. The van der Waals surface area contributed by atoms with E-state index in [4.69, 9.17) is 4.74 Å². The minimum absolute atomic E-state index is 0.0804. The Balaban J connectivity index is 1.33. The number of hydrogen-bond acceptors (Lipinski definition) is 6. The van der Waals surface area contributed by atoms with Crippen molar-refractivity contribution in [3.63, 3.8) is 0 Å². The van der Waals surface area contributed by atoms with E-state index in [1.54, 1.807) is 24.3 Å². The Morgan fingerprint density at radius 1 is 0.933 bits per heavy atom. The molecule has 1 atom stereocenters. The van der Waals surface area contributed by atoms with Crippen LogP contribution in [0.25, 0.3) is 0 Å². The maximum absolute atomic E-state index is 13.2. The lowest BCUT2D eigenvalue weighted by molar-refractivity contribution is -0.133. The first-order chi connectivity index (χ1) is 21.3. The number of nitrogens with zero attached hydrogens (tertiary/aromatic N) is 2. The summed E-state index contributed by atoms with van der Waals surface area (Å²) in [5.41, 5.74) is 3.41. The standard InChI is InChI=1S/C36H47N3O5S/c1-6-39(34(40)26-27-12-18-32(19-13-27)45(5,42)43)31-20-23-38(24-21-31)25-22-33(28-10-8-7-9-11-28)29-14-16-30(17-15-29)37-35(41)44-36(2,3)4/h7-19,31,33H,6,20-26H2,1-5H3,(H,37,41). The minimum atomic E-state index is -3.26. The van der Waals surface area contributed by atoms with E-state index in [1.165, 1.54) is 17.4 Å². The number of hydrogen-bond donors (Lipinski definition) is 1. The molecule has 4 rings (SSSR count). The molecule has 242 valence electrons. The number of rotatable bonds is 11. The number of ether oxygens (including phenoxy) is 1. The zero-order chi connectivity index (χ0) is 32.6. The number of nitrogens with one attached hydrogen (secondary N) is 1. The molecule has 1 unspecified atom stereocenters. The van der Waals surface area contributed by atoms with Crippen LogP contribution in [0.1, 0.15) is 69.6 Å². The van der Waals surface area contributed by atoms with Crippen molar-refractivity contribution in [1.82, 2.24) is 9.80 Å². The fourth-order valence-corrected chi connectivity index (χ4v) is 6.60. The van der Waals surface area contributed by atoms with E-state index in [0.29, 0.717) is 12.2 Å². The average molecular weight is 634 g/mol. The predicted octanol–water partition coefficient (Wildman–Crippen LogP) is 6.51. The van der Waals surface area contributed by atoms with Gasteiger partial charge in [-0.05, 0) is 94.5 Å². The lowest BCUT2D eigenvalue weighted by Gasteiger charge is -2.38. The van der Waals surface area contributed by atoms with Gasteiger partial charge in [-0.2, -0.15) is 0 Å². The van der Waals surface area contributed by atoms with Crippen LogP contribution in [0.15, 0.2) is 83.8 Å². The molecule has 9 heteroatoms. The summed E-state index contributed by atoms with van der Waals surface area (Å²) in [6.45, 7) is 11.0. The molecule has 0 radical (unpaired) electrons. The van der Waals surface area contributed by atoms with Gasteiger partial charge < -0.3 is 14.5 Å². The summed E-state index contributed by atoms with van der Waals surface area (Å²) >= 11 is 0. The van der Waals surface area contributed by atoms with E-state index in [-0.39, 0.29) is 29.2 Å². The molecule has 3 aromatic carbocycles. The van der Waals surface area contributed by atoms with Crippen LogP contribution in [0.3, 0.4) is 0 Å². The molecule has 8 nitrogen and oxygen atoms in total. The van der Waals surface area contributed by atoms with Crippen molar-refractivity contribution < 1.29 is 22.7 Å². The molecule has 3 aromatic rings. The molecular formula is C36H47N3O5S. The molecular weight excluding hydrogens is 586 g/mol. The first-order valence-corrected chi connectivity index (χ1v) is 17.7. The lowest BCUT2D eigenvalue weighted by Crippen LogP contribution is -2.48. The molecule has 2 amide bonds. The topological polar surface area (TPSA) is 96.0 Å².